The number of nitrogens with one attached hydrogen (secondary N) is 1. The molecule has 1 aliphatic heterocycles. The van der Waals surface area contributed by atoms with E-state index >= 15 is 0 Å². The fraction of sp³-hybridized carbons (Fsp3) is 0.429. The van der Waals surface area contributed by atoms with Crippen molar-refractivity contribution in [1.82, 2.24) is 15.2 Å². The van der Waals surface area contributed by atoms with E-state index in [-0.39, 0.29) is 30.0 Å². The maximum atomic E-state index is 6.27. The Morgan fingerprint density at radius 2 is 1.93 bits per heavy atom. The summed E-state index contributed by atoms with van der Waals surface area (Å²) < 4.78 is 0. The van der Waals surface area contributed by atoms with Gasteiger partial charge in [-0.2, -0.15) is 0 Å². The fourth-order valence-electron chi connectivity index (χ4n) is 3.40. The number of aliphatic imine (C=N–C) groups is 1. The molecule has 1 saturated heterocycles. The number of aromatic nitrogens is 1. The second-order valence-corrected chi connectivity index (χ2v) is 8.02. The second-order valence-electron chi connectivity index (χ2n) is 7.18. The average Bonchev–Trinajstić information content (AvgIpc) is 2.72. The van der Waals surface area contributed by atoms with E-state index in [1.165, 1.54) is 0 Å². The third kappa shape index (κ3) is 6.87. The monoisotopic (exact) mass is 562 g/mol. The molecule has 1 atom stereocenters. The summed E-state index contributed by atoms with van der Waals surface area (Å²) in [7, 11) is 0. The second kappa shape index (κ2) is 11.9. The number of likely N-dealkylation sites (N-methyl/N-ethyl adjacent to an activating group) is 1. The summed E-state index contributed by atoms with van der Waals surface area (Å²) in [5.74, 6) is 1.37. The summed E-state index contributed by atoms with van der Waals surface area (Å²) >= 11 is 12.2. The van der Waals surface area contributed by atoms with E-state index in [0.717, 1.165) is 49.7 Å². The Bertz CT molecular complexity index is 855. The Morgan fingerprint density at radius 1 is 1.20 bits per heavy atom. The molecule has 0 bridgehead atoms. The number of piperazine rings is 1. The molecule has 30 heavy (non-hydrogen) atoms. The van der Waals surface area contributed by atoms with Gasteiger partial charge in [0.15, 0.2) is 5.96 Å². The first-order valence-electron chi connectivity index (χ1n) is 9.90. The molecule has 3 N–H and O–H groups in total. The first-order chi connectivity index (χ1) is 14.0. The summed E-state index contributed by atoms with van der Waals surface area (Å²) in [4.78, 5) is 13.8. The molecule has 0 spiro atoms. The van der Waals surface area contributed by atoms with Crippen LogP contribution < -0.4 is 16.0 Å². The third-order valence-corrected chi connectivity index (χ3v) is 5.74. The highest BCUT2D eigenvalue weighted by Crippen LogP contribution is 2.26. The number of guanidine groups is 1. The van der Waals surface area contributed by atoms with E-state index in [4.69, 9.17) is 28.9 Å². The molecule has 9 heteroatoms. The molecule has 2 aromatic rings. The largest absolute Gasteiger partial charge is 0.370 e. The Morgan fingerprint density at radius 3 is 2.60 bits per heavy atom. The van der Waals surface area contributed by atoms with Crippen LogP contribution >= 0.6 is 47.2 Å². The number of halogens is 3. The quantitative estimate of drug-likeness (QED) is 0.312. The molecule has 0 amide bonds. The number of anilines is 1. The van der Waals surface area contributed by atoms with Crippen molar-refractivity contribution in [2.45, 2.75) is 26.4 Å². The molecule has 1 aromatic carbocycles. The minimum Gasteiger partial charge on any atom is -0.370 e. The van der Waals surface area contributed by atoms with Crippen LogP contribution in [0.15, 0.2) is 41.5 Å². The highest BCUT2D eigenvalue weighted by molar-refractivity contribution is 14.0. The highest BCUT2D eigenvalue weighted by Gasteiger charge is 2.17. The van der Waals surface area contributed by atoms with Gasteiger partial charge in [0.1, 0.15) is 5.82 Å². The van der Waals surface area contributed by atoms with Crippen molar-refractivity contribution >= 4 is 59.0 Å². The van der Waals surface area contributed by atoms with Crippen molar-refractivity contribution in [3.05, 3.63) is 57.7 Å². The van der Waals surface area contributed by atoms with Crippen LogP contribution in [0.5, 0.6) is 0 Å². The maximum absolute atomic E-state index is 6.27. The van der Waals surface area contributed by atoms with Gasteiger partial charge in [0.25, 0.3) is 0 Å². The van der Waals surface area contributed by atoms with Crippen LogP contribution in [0.2, 0.25) is 10.0 Å². The van der Waals surface area contributed by atoms with Gasteiger partial charge < -0.3 is 20.9 Å². The standard InChI is InChI=1S/C21H28Cl2N6.HI/c1-3-28-8-10-29(11-9-28)20-12-16(6-7-25-20)14-26-21(24)27-15(2)18-5-4-17(22)13-19(18)23;/h4-7,12-13,15H,3,8-11,14H2,1-2H3,(H3,24,26,27);1H. The zero-order chi connectivity index (χ0) is 20.8. The molecule has 0 saturated carbocycles. The van der Waals surface area contributed by atoms with Crippen molar-refractivity contribution in [2.75, 3.05) is 37.6 Å². The first-order valence-corrected chi connectivity index (χ1v) is 10.7. The van der Waals surface area contributed by atoms with Gasteiger partial charge in [-0.3, -0.25) is 0 Å². The van der Waals surface area contributed by atoms with Gasteiger partial charge >= 0.3 is 0 Å². The molecule has 6 nitrogen and oxygen atoms in total. The van der Waals surface area contributed by atoms with Gasteiger partial charge in [-0.05, 0) is 48.9 Å². The van der Waals surface area contributed by atoms with Gasteiger partial charge in [0.05, 0.1) is 12.6 Å². The molecule has 1 aromatic heterocycles. The minimum atomic E-state index is -0.0774. The zero-order valence-corrected chi connectivity index (χ0v) is 21.2. The van der Waals surface area contributed by atoms with E-state index in [1.807, 2.05) is 31.3 Å². The molecule has 3 rings (SSSR count). The van der Waals surface area contributed by atoms with Gasteiger partial charge in [-0.15, -0.1) is 24.0 Å². The molecule has 164 valence electrons. The summed E-state index contributed by atoms with van der Waals surface area (Å²) in [6, 6.07) is 9.42. The molecule has 0 radical (unpaired) electrons. The molecule has 2 heterocycles. The summed E-state index contributed by atoms with van der Waals surface area (Å²) in [6.07, 6.45) is 1.84. The normalized spacial score (nSPS) is 16.1. The average molecular weight is 563 g/mol. The van der Waals surface area contributed by atoms with Crippen LogP contribution in [0.25, 0.3) is 0 Å². The van der Waals surface area contributed by atoms with Crippen molar-refractivity contribution in [3.8, 4) is 0 Å². The van der Waals surface area contributed by atoms with E-state index in [1.54, 1.807) is 6.07 Å². The van der Waals surface area contributed by atoms with Crippen molar-refractivity contribution in [2.24, 2.45) is 10.7 Å². The van der Waals surface area contributed by atoms with Crippen LogP contribution in [-0.2, 0) is 6.54 Å². The highest BCUT2D eigenvalue weighted by atomic mass is 127. The lowest BCUT2D eigenvalue weighted by Gasteiger charge is -2.34. The first kappa shape index (κ1) is 25.0. The lowest BCUT2D eigenvalue weighted by Crippen LogP contribution is -2.46. The van der Waals surface area contributed by atoms with Crippen LogP contribution in [0, 0.1) is 0 Å². The van der Waals surface area contributed by atoms with E-state index in [2.05, 4.69) is 38.1 Å². The van der Waals surface area contributed by atoms with Crippen molar-refractivity contribution in [1.29, 1.82) is 0 Å². The Kier molecular flexibility index (Phi) is 9.93. The third-order valence-electron chi connectivity index (χ3n) is 5.18. The van der Waals surface area contributed by atoms with Gasteiger partial charge in [0.2, 0.25) is 0 Å². The number of rotatable bonds is 6. The van der Waals surface area contributed by atoms with Gasteiger partial charge in [-0.1, -0.05) is 36.2 Å². The predicted octanol–water partition coefficient (Wildman–Crippen LogP) is 4.31. The topological polar surface area (TPSA) is 69.8 Å². The molecular weight excluding hydrogens is 534 g/mol. The van der Waals surface area contributed by atoms with Crippen molar-refractivity contribution in [3.63, 3.8) is 0 Å². The zero-order valence-electron chi connectivity index (χ0n) is 17.3. The summed E-state index contributed by atoms with van der Waals surface area (Å²) in [6.45, 7) is 9.91. The molecule has 1 aliphatic rings. The number of hydrogen-bond donors (Lipinski definition) is 2. The smallest absolute Gasteiger partial charge is 0.189 e. The van der Waals surface area contributed by atoms with Gasteiger partial charge in [-0.25, -0.2) is 9.98 Å². The lowest BCUT2D eigenvalue weighted by molar-refractivity contribution is 0.270. The Balaban J connectivity index is 0.00000320. The minimum absolute atomic E-state index is 0. The molecular formula is C21H29Cl2IN6. The number of pyridine rings is 1. The van der Waals surface area contributed by atoms with Crippen LogP contribution in [-0.4, -0.2) is 48.6 Å². The van der Waals surface area contributed by atoms with Crippen LogP contribution in [0.3, 0.4) is 0 Å². The Labute approximate surface area is 205 Å². The summed E-state index contributed by atoms with van der Waals surface area (Å²) in [5.41, 5.74) is 8.09. The van der Waals surface area contributed by atoms with E-state index < -0.39 is 0 Å². The fourth-order valence-corrected chi connectivity index (χ4v) is 3.97. The van der Waals surface area contributed by atoms with Gasteiger partial charge in [0, 0.05) is 42.4 Å². The van der Waals surface area contributed by atoms with Crippen LogP contribution in [0.4, 0.5) is 5.82 Å². The maximum Gasteiger partial charge on any atom is 0.189 e. The molecule has 1 fully saturated rings. The number of nitrogens with two attached hydrogens (primary N) is 1. The number of hydrogen-bond acceptors (Lipinski definition) is 4. The van der Waals surface area contributed by atoms with E-state index in [9.17, 15) is 0 Å². The lowest BCUT2D eigenvalue weighted by atomic mass is 10.1. The number of benzene rings is 1. The molecule has 1 unspecified atom stereocenters. The predicted molar refractivity (Wildman–Crippen MR) is 137 cm³/mol. The summed E-state index contributed by atoms with van der Waals surface area (Å²) in [5, 5.41) is 4.40. The Hall–Kier alpha value is -1.29. The SMILES string of the molecule is CCN1CCN(c2cc(CN=C(N)NC(C)c3ccc(Cl)cc3Cl)ccn2)CC1.I. The number of nitrogens with zero attached hydrogens (tertiary/aromatic N) is 4. The molecule has 0 aliphatic carbocycles. The van der Waals surface area contributed by atoms with E-state index in [0.29, 0.717) is 22.5 Å². The van der Waals surface area contributed by atoms with Crippen molar-refractivity contribution < 1.29 is 0 Å². The van der Waals surface area contributed by atoms with Crippen LogP contribution in [0.1, 0.15) is 31.0 Å².